The summed E-state index contributed by atoms with van der Waals surface area (Å²) in [5.74, 6) is 0. The lowest BCUT2D eigenvalue weighted by Gasteiger charge is -2.32. The average molecular weight is 389 g/mol. The van der Waals surface area contributed by atoms with E-state index in [9.17, 15) is 4.79 Å². The molecule has 154 valence electrons. The summed E-state index contributed by atoms with van der Waals surface area (Å²) in [5, 5.41) is 2.78. The maximum Gasteiger partial charge on any atom is 0.492 e. The van der Waals surface area contributed by atoms with Gasteiger partial charge in [0.2, 0.25) is 0 Å². The van der Waals surface area contributed by atoms with E-state index < -0.39 is 30.0 Å². The van der Waals surface area contributed by atoms with Crippen LogP contribution in [-0.4, -0.2) is 41.5 Å². The van der Waals surface area contributed by atoms with Gasteiger partial charge in [0.15, 0.2) is 0 Å². The van der Waals surface area contributed by atoms with Gasteiger partial charge >= 0.3 is 13.2 Å². The number of carbonyl (C=O) groups is 1. The minimum Gasteiger partial charge on any atom is -0.444 e. The lowest BCUT2D eigenvalue weighted by atomic mass is 9.77. The van der Waals surface area contributed by atoms with E-state index in [4.69, 9.17) is 19.8 Å². The highest BCUT2D eigenvalue weighted by Crippen LogP contribution is 2.38. The molecule has 3 N–H and O–H groups in total. The topological polar surface area (TPSA) is 95.7 Å². The number of hydrogen-bond acceptors (Lipinski definition) is 6. The molecule has 0 atom stereocenters. The number of amides is 1. The molecule has 0 aliphatic carbocycles. The van der Waals surface area contributed by atoms with E-state index in [-0.39, 0.29) is 6.54 Å². The molecule has 2 heterocycles. The van der Waals surface area contributed by atoms with Crippen LogP contribution in [0.2, 0.25) is 0 Å². The molecule has 1 aromatic heterocycles. The van der Waals surface area contributed by atoms with E-state index in [0.717, 1.165) is 11.2 Å². The molecule has 2 rings (SSSR count). The van der Waals surface area contributed by atoms with E-state index in [1.165, 1.54) is 0 Å². The predicted molar refractivity (Wildman–Crippen MR) is 112 cm³/mol. The van der Waals surface area contributed by atoms with Crippen LogP contribution in [0.5, 0.6) is 0 Å². The van der Waals surface area contributed by atoms with Gasteiger partial charge in [-0.1, -0.05) is 0 Å². The second-order valence-electron chi connectivity index (χ2n) is 9.07. The van der Waals surface area contributed by atoms with Crippen LogP contribution in [0, 0.1) is 6.92 Å². The molecule has 0 bridgehead atoms. The number of nitrogen functional groups attached to an aromatic ring is 1. The number of aromatic nitrogens is 1. The van der Waals surface area contributed by atoms with Gasteiger partial charge in [0.1, 0.15) is 5.60 Å². The number of ether oxygens (including phenoxy) is 1. The Morgan fingerprint density at radius 3 is 2.32 bits per heavy atom. The number of nitrogens with zero attached hydrogens (tertiary/aromatic N) is 1. The van der Waals surface area contributed by atoms with Gasteiger partial charge in [0.25, 0.3) is 0 Å². The van der Waals surface area contributed by atoms with E-state index in [0.29, 0.717) is 11.4 Å². The van der Waals surface area contributed by atoms with Crippen LogP contribution in [0.1, 0.15) is 59.9 Å². The molecular weight excluding hydrogens is 357 g/mol. The van der Waals surface area contributed by atoms with Crippen LogP contribution >= 0.6 is 0 Å². The van der Waals surface area contributed by atoms with E-state index in [2.05, 4.69) is 10.3 Å². The Morgan fingerprint density at radius 2 is 1.82 bits per heavy atom. The van der Waals surface area contributed by atoms with Crippen LogP contribution < -0.4 is 11.1 Å². The van der Waals surface area contributed by atoms with Gasteiger partial charge in [-0.05, 0) is 79.1 Å². The Kier molecular flexibility index (Phi) is 6.16. The first kappa shape index (κ1) is 22.2. The van der Waals surface area contributed by atoms with Gasteiger partial charge in [-0.2, -0.15) is 0 Å². The maximum absolute atomic E-state index is 12.1. The molecule has 1 amide bonds. The minimum atomic E-state index is -0.611. The molecular formula is C20H32BN3O4. The molecule has 1 aliphatic rings. The number of nitrogens with one attached hydrogen (secondary N) is 1. The highest BCUT2D eigenvalue weighted by atomic mass is 16.7. The molecule has 28 heavy (non-hydrogen) atoms. The van der Waals surface area contributed by atoms with Crippen molar-refractivity contribution in [1.82, 2.24) is 10.3 Å². The van der Waals surface area contributed by atoms with Gasteiger partial charge in [0.05, 0.1) is 28.3 Å². The number of alkyl carbamates (subject to hydrolysis) is 1. The molecule has 1 fully saturated rings. The average Bonchev–Trinajstić information content (AvgIpc) is 2.73. The minimum absolute atomic E-state index is 0.205. The molecule has 0 unspecified atom stereocenters. The number of carbonyl (C=O) groups excluding carboxylic acids is 1. The molecule has 0 radical (unpaired) electrons. The van der Waals surface area contributed by atoms with Crippen LogP contribution in [0.15, 0.2) is 17.6 Å². The van der Waals surface area contributed by atoms with Crippen molar-refractivity contribution < 1.29 is 18.8 Å². The molecule has 0 spiro atoms. The monoisotopic (exact) mass is 389 g/mol. The fraction of sp³-hybridized carbons (Fsp3) is 0.600. The SMILES string of the molecule is Cc1nc(C=C(CNC(=O)OC(C)(C)C)B2OC(C)(C)C(C)(C)O2)ccc1N. The summed E-state index contributed by atoms with van der Waals surface area (Å²) in [7, 11) is -0.611. The zero-order valence-corrected chi connectivity index (χ0v) is 18.2. The zero-order chi connectivity index (χ0) is 21.3. The fourth-order valence-electron chi connectivity index (χ4n) is 2.55. The lowest BCUT2D eigenvalue weighted by Crippen LogP contribution is -2.41. The van der Waals surface area contributed by atoms with Crippen LogP contribution in [0.4, 0.5) is 10.5 Å². The summed E-state index contributed by atoms with van der Waals surface area (Å²) in [6.07, 6.45) is 1.35. The predicted octanol–water partition coefficient (Wildman–Crippen LogP) is 3.51. The quantitative estimate of drug-likeness (QED) is 0.765. The van der Waals surface area contributed by atoms with Crippen LogP contribution in [0.3, 0.4) is 0 Å². The fourth-order valence-corrected chi connectivity index (χ4v) is 2.55. The first-order valence-electron chi connectivity index (χ1n) is 9.46. The summed E-state index contributed by atoms with van der Waals surface area (Å²) in [4.78, 5) is 16.6. The lowest BCUT2D eigenvalue weighted by molar-refractivity contribution is 0.00578. The van der Waals surface area contributed by atoms with Crippen LogP contribution in [0.25, 0.3) is 6.08 Å². The molecule has 1 saturated heterocycles. The van der Waals surface area contributed by atoms with E-state index >= 15 is 0 Å². The first-order chi connectivity index (χ1) is 12.7. The zero-order valence-electron chi connectivity index (χ0n) is 18.2. The summed E-state index contributed by atoms with van der Waals surface area (Å²) >= 11 is 0. The van der Waals surface area contributed by atoms with Crippen molar-refractivity contribution in [2.75, 3.05) is 12.3 Å². The smallest absolute Gasteiger partial charge is 0.444 e. The normalized spacial score (nSPS) is 18.9. The Bertz CT molecular complexity index is 753. The number of hydrogen-bond donors (Lipinski definition) is 2. The first-order valence-corrected chi connectivity index (χ1v) is 9.46. The Hall–Kier alpha value is -2.06. The number of nitrogens with two attached hydrogens (primary N) is 1. The standard InChI is InChI=1S/C20H32BN3O4/c1-13-16(22)10-9-15(24-13)11-14(12-23-17(25)26-18(2,3)4)21-27-19(5,6)20(7,8)28-21/h9-11H,12,22H2,1-8H3,(H,23,25). The second-order valence-corrected chi connectivity index (χ2v) is 9.07. The number of rotatable bonds is 4. The Balaban J connectivity index is 2.27. The van der Waals surface area contributed by atoms with Crippen molar-refractivity contribution in [3.8, 4) is 0 Å². The van der Waals surface area contributed by atoms with Crippen molar-refractivity contribution in [3.05, 3.63) is 29.0 Å². The number of anilines is 1. The van der Waals surface area contributed by atoms with E-state index in [1.54, 1.807) is 6.07 Å². The summed E-state index contributed by atoms with van der Waals surface area (Å²) in [5.41, 5.74) is 7.11. The number of pyridine rings is 1. The summed E-state index contributed by atoms with van der Waals surface area (Å²) < 4.78 is 17.6. The Morgan fingerprint density at radius 1 is 1.25 bits per heavy atom. The third kappa shape index (κ3) is 5.48. The van der Waals surface area contributed by atoms with Crippen LogP contribution in [-0.2, 0) is 14.0 Å². The van der Waals surface area contributed by atoms with Gasteiger partial charge < -0.3 is 25.1 Å². The second kappa shape index (κ2) is 7.76. The molecule has 1 aromatic rings. The molecule has 7 nitrogen and oxygen atoms in total. The maximum atomic E-state index is 12.1. The van der Waals surface area contributed by atoms with E-state index in [1.807, 2.05) is 67.5 Å². The largest absolute Gasteiger partial charge is 0.492 e. The van der Waals surface area contributed by atoms with Crippen molar-refractivity contribution in [1.29, 1.82) is 0 Å². The van der Waals surface area contributed by atoms with Crippen molar-refractivity contribution in [3.63, 3.8) is 0 Å². The summed E-state index contributed by atoms with van der Waals surface area (Å²) in [6, 6.07) is 3.62. The third-order valence-corrected chi connectivity index (χ3v) is 4.87. The third-order valence-electron chi connectivity index (χ3n) is 4.87. The summed E-state index contributed by atoms with van der Waals surface area (Å²) in [6.45, 7) is 15.4. The van der Waals surface area contributed by atoms with Gasteiger partial charge in [0, 0.05) is 6.54 Å². The molecule has 0 aromatic carbocycles. The Labute approximate surface area is 168 Å². The number of aryl methyl sites for hydroxylation is 1. The van der Waals surface area contributed by atoms with Gasteiger partial charge in [-0.3, -0.25) is 4.98 Å². The van der Waals surface area contributed by atoms with Crippen molar-refractivity contribution >= 4 is 25.0 Å². The van der Waals surface area contributed by atoms with Crippen molar-refractivity contribution in [2.45, 2.75) is 72.2 Å². The molecule has 1 aliphatic heterocycles. The van der Waals surface area contributed by atoms with Crippen molar-refractivity contribution in [2.24, 2.45) is 0 Å². The highest BCUT2D eigenvalue weighted by Gasteiger charge is 2.52. The molecule has 8 heteroatoms. The highest BCUT2D eigenvalue weighted by molar-refractivity contribution is 6.56. The van der Waals surface area contributed by atoms with Gasteiger partial charge in [-0.25, -0.2) is 4.79 Å². The van der Waals surface area contributed by atoms with Gasteiger partial charge in [-0.15, -0.1) is 0 Å². The molecule has 0 saturated carbocycles.